The SMILES string of the molecule is O=C(O)c1c(CSc2cccc(O)c2)oc2ccccc12. The number of fused-ring (bicyclic) bond motifs is 1. The predicted molar refractivity (Wildman–Crippen MR) is 80.8 cm³/mol. The van der Waals surface area contributed by atoms with Crippen LogP contribution in [0.1, 0.15) is 16.1 Å². The molecule has 0 saturated heterocycles. The highest BCUT2D eigenvalue weighted by atomic mass is 32.2. The molecule has 0 spiro atoms. The van der Waals surface area contributed by atoms with Gasteiger partial charge in [0.25, 0.3) is 0 Å². The molecular formula is C16H12O4S. The van der Waals surface area contributed by atoms with E-state index in [0.29, 0.717) is 22.5 Å². The van der Waals surface area contributed by atoms with Crippen LogP contribution in [0, 0.1) is 0 Å². The van der Waals surface area contributed by atoms with Gasteiger partial charge in [-0.05, 0) is 24.3 Å². The lowest BCUT2D eigenvalue weighted by molar-refractivity contribution is 0.0697. The number of para-hydroxylation sites is 1. The maximum Gasteiger partial charge on any atom is 0.339 e. The van der Waals surface area contributed by atoms with Crippen molar-refractivity contribution in [2.75, 3.05) is 0 Å². The molecule has 0 aliphatic rings. The standard InChI is InChI=1S/C16H12O4S/c17-10-4-3-5-11(8-10)21-9-14-15(16(18)19)12-6-1-2-7-13(12)20-14/h1-8,17H,9H2,(H,18,19). The van der Waals surface area contributed by atoms with Crippen molar-refractivity contribution in [1.29, 1.82) is 0 Å². The quantitative estimate of drug-likeness (QED) is 0.709. The lowest BCUT2D eigenvalue weighted by Crippen LogP contribution is -1.98. The number of carboxylic acids is 1. The minimum atomic E-state index is -0.994. The molecule has 3 rings (SSSR count). The smallest absolute Gasteiger partial charge is 0.339 e. The second-order valence-corrected chi connectivity index (χ2v) is 5.54. The van der Waals surface area contributed by atoms with Crippen molar-refractivity contribution in [2.45, 2.75) is 10.6 Å². The van der Waals surface area contributed by atoms with Crippen LogP contribution in [0.15, 0.2) is 57.8 Å². The van der Waals surface area contributed by atoms with E-state index in [1.54, 1.807) is 36.4 Å². The van der Waals surface area contributed by atoms with E-state index in [4.69, 9.17) is 4.42 Å². The molecule has 0 fully saturated rings. The van der Waals surface area contributed by atoms with E-state index in [2.05, 4.69) is 0 Å². The number of hydrogen-bond acceptors (Lipinski definition) is 4. The molecule has 21 heavy (non-hydrogen) atoms. The molecule has 0 aliphatic carbocycles. The van der Waals surface area contributed by atoms with Crippen molar-refractivity contribution in [2.24, 2.45) is 0 Å². The molecule has 1 aromatic heterocycles. The van der Waals surface area contributed by atoms with Gasteiger partial charge in [-0.1, -0.05) is 24.3 Å². The molecule has 2 N–H and O–H groups in total. The minimum Gasteiger partial charge on any atom is -0.508 e. The van der Waals surface area contributed by atoms with Gasteiger partial charge in [0, 0.05) is 10.3 Å². The van der Waals surface area contributed by atoms with E-state index >= 15 is 0 Å². The number of furan rings is 1. The van der Waals surface area contributed by atoms with E-state index in [9.17, 15) is 15.0 Å². The Hall–Kier alpha value is -2.40. The van der Waals surface area contributed by atoms with E-state index in [-0.39, 0.29) is 11.3 Å². The molecule has 0 saturated carbocycles. The van der Waals surface area contributed by atoms with Gasteiger partial charge >= 0.3 is 5.97 Å². The zero-order valence-corrected chi connectivity index (χ0v) is 11.8. The number of aromatic carboxylic acids is 1. The van der Waals surface area contributed by atoms with Crippen molar-refractivity contribution in [3.8, 4) is 5.75 Å². The lowest BCUT2D eigenvalue weighted by atomic mass is 10.1. The summed E-state index contributed by atoms with van der Waals surface area (Å²) in [6.07, 6.45) is 0. The molecule has 0 unspecified atom stereocenters. The molecule has 5 heteroatoms. The second kappa shape index (κ2) is 5.54. The highest BCUT2D eigenvalue weighted by Crippen LogP contribution is 2.32. The third-order valence-corrected chi connectivity index (χ3v) is 4.06. The van der Waals surface area contributed by atoms with Crippen molar-refractivity contribution in [3.05, 3.63) is 59.9 Å². The van der Waals surface area contributed by atoms with Crippen LogP contribution in [0.5, 0.6) is 5.75 Å². The molecule has 4 nitrogen and oxygen atoms in total. The number of phenols is 1. The number of rotatable bonds is 4. The van der Waals surface area contributed by atoms with E-state index in [1.807, 2.05) is 12.1 Å². The van der Waals surface area contributed by atoms with Crippen LogP contribution in [0.4, 0.5) is 0 Å². The highest BCUT2D eigenvalue weighted by molar-refractivity contribution is 7.98. The third kappa shape index (κ3) is 2.73. The number of thioether (sulfide) groups is 1. The van der Waals surface area contributed by atoms with Crippen LogP contribution in [-0.2, 0) is 5.75 Å². The van der Waals surface area contributed by atoms with E-state index in [1.165, 1.54) is 11.8 Å². The second-order valence-electron chi connectivity index (χ2n) is 4.49. The van der Waals surface area contributed by atoms with Crippen LogP contribution in [0.25, 0.3) is 11.0 Å². The van der Waals surface area contributed by atoms with Crippen LogP contribution in [-0.4, -0.2) is 16.2 Å². The van der Waals surface area contributed by atoms with Crippen LogP contribution < -0.4 is 0 Å². The van der Waals surface area contributed by atoms with Crippen LogP contribution in [0.3, 0.4) is 0 Å². The Morgan fingerprint density at radius 3 is 2.71 bits per heavy atom. The first-order valence-electron chi connectivity index (χ1n) is 6.30. The van der Waals surface area contributed by atoms with E-state index in [0.717, 1.165) is 4.90 Å². The Labute approximate surface area is 125 Å². The maximum atomic E-state index is 11.5. The predicted octanol–water partition coefficient (Wildman–Crippen LogP) is 4.13. The highest BCUT2D eigenvalue weighted by Gasteiger charge is 2.19. The molecule has 3 aromatic rings. The van der Waals surface area contributed by atoms with Gasteiger partial charge in [0.15, 0.2) is 0 Å². The molecule has 0 aliphatic heterocycles. The zero-order valence-electron chi connectivity index (χ0n) is 10.9. The summed E-state index contributed by atoms with van der Waals surface area (Å²) in [4.78, 5) is 12.3. The van der Waals surface area contributed by atoms with Crippen molar-refractivity contribution >= 4 is 28.7 Å². The number of aromatic hydroxyl groups is 1. The topological polar surface area (TPSA) is 70.7 Å². The summed E-state index contributed by atoms with van der Waals surface area (Å²) in [5.41, 5.74) is 0.777. The fraction of sp³-hybridized carbons (Fsp3) is 0.0625. The minimum absolute atomic E-state index is 0.183. The van der Waals surface area contributed by atoms with Gasteiger partial charge in [0.1, 0.15) is 22.7 Å². The molecule has 0 amide bonds. The summed E-state index contributed by atoms with van der Waals surface area (Å²) >= 11 is 1.42. The Bertz CT molecular complexity index is 807. The van der Waals surface area contributed by atoms with Crippen molar-refractivity contribution in [3.63, 3.8) is 0 Å². The number of phenolic OH excluding ortho intramolecular Hbond substituents is 1. The Morgan fingerprint density at radius 1 is 1.14 bits per heavy atom. The summed E-state index contributed by atoms with van der Waals surface area (Å²) in [5.74, 6) is 0.00585. The molecule has 106 valence electrons. The van der Waals surface area contributed by atoms with Gasteiger partial charge in [0.2, 0.25) is 0 Å². The summed E-state index contributed by atoms with van der Waals surface area (Å²) in [7, 11) is 0. The Balaban J connectivity index is 1.93. The number of carboxylic acid groups (broad SMARTS) is 1. The lowest BCUT2D eigenvalue weighted by Gasteiger charge is -2.01. The average molecular weight is 300 g/mol. The average Bonchev–Trinajstić information content (AvgIpc) is 2.83. The molecular weight excluding hydrogens is 288 g/mol. The molecule has 2 aromatic carbocycles. The summed E-state index contributed by atoms with van der Waals surface area (Å²) < 4.78 is 5.65. The van der Waals surface area contributed by atoms with Gasteiger partial charge in [0.05, 0.1) is 5.75 Å². The fourth-order valence-electron chi connectivity index (χ4n) is 2.15. The normalized spacial score (nSPS) is 10.9. The van der Waals surface area contributed by atoms with Gasteiger partial charge < -0.3 is 14.6 Å². The first-order valence-corrected chi connectivity index (χ1v) is 7.29. The Morgan fingerprint density at radius 2 is 1.95 bits per heavy atom. The maximum absolute atomic E-state index is 11.5. The van der Waals surface area contributed by atoms with Gasteiger partial charge in [-0.15, -0.1) is 11.8 Å². The van der Waals surface area contributed by atoms with Gasteiger partial charge in [-0.2, -0.15) is 0 Å². The van der Waals surface area contributed by atoms with Crippen molar-refractivity contribution < 1.29 is 19.4 Å². The van der Waals surface area contributed by atoms with Crippen molar-refractivity contribution in [1.82, 2.24) is 0 Å². The molecule has 0 bridgehead atoms. The largest absolute Gasteiger partial charge is 0.508 e. The first-order chi connectivity index (χ1) is 10.1. The monoisotopic (exact) mass is 300 g/mol. The summed E-state index contributed by atoms with van der Waals surface area (Å²) in [6, 6.07) is 13.9. The molecule has 0 radical (unpaired) electrons. The summed E-state index contributed by atoms with van der Waals surface area (Å²) in [5, 5.41) is 19.4. The third-order valence-electron chi connectivity index (χ3n) is 3.07. The molecule has 0 atom stereocenters. The summed E-state index contributed by atoms with van der Waals surface area (Å²) in [6.45, 7) is 0. The first kappa shape index (κ1) is 13.6. The number of benzene rings is 2. The number of carbonyl (C=O) groups is 1. The zero-order chi connectivity index (χ0) is 14.8. The van der Waals surface area contributed by atoms with E-state index < -0.39 is 5.97 Å². The van der Waals surface area contributed by atoms with Crippen LogP contribution in [0.2, 0.25) is 0 Å². The Kier molecular flexibility index (Phi) is 3.58. The van der Waals surface area contributed by atoms with Gasteiger partial charge in [-0.3, -0.25) is 0 Å². The number of hydrogen-bond donors (Lipinski definition) is 2. The fourth-order valence-corrected chi connectivity index (χ4v) is 3.03. The molecule has 1 heterocycles. The van der Waals surface area contributed by atoms with Gasteiger partial charge in [-0.25, -0.2) is 4.79 Å². The van der Waals surface area contributed by atoms with Crippen LogP contribution >= 0.6 is 11.8 Å².